The van der Waals surface area contributed by atoms with Gasteiger partial charge in [0.25, 0.3) is 0 Å². The Kier molecular flexibility index (Phi) is 6.05. The van der Waals surface area contributed by atoms with E-state index in [1.54, 1.807) is 12.0 Å². The van der Waals surface area contributed by atoms with Gasteiger partial charge in [0.1, 0.15) is 10.8 Å². The predicted molar refractivity (Wildman–Crippen MR) is 104 cm³/mol. The minimum absolute atomic E-state index is 0.0302. The van der Waals surface area contributed by atoms with Crippen molar-refractivity contribution < 1.29 is 14.3 Å². The maximum absolute atomic E-state index is 12.4. The first-order valence-electron chi connectivity index (χ1n) is 9.02. The van der Waals surface area contributed by atoms with Crippen molar-refractivity contribution in [2.45, 2.75) is 39.2 Å². The molecule has 2 amide bonds. The highest BCUT2D eigenvalue weighted by Crippen LogP contribution is 2.23. The molecule has 1 aromatic heterocycles. The van der Waals surface area contributed by atoms with Gasteiger partial charge >= 0.3 is 0 Å². The second kappa shape index (κ2) is 8.47. The fraction of sp³-hybridized carbons (Fsp3) is 0.474. The molecule has 1 atom stereocenters. The number of nitrogens with one attached hydrogen (secondary N) is 1. The van der Waals surface area contributed by atoms with Gasteiger partial charge in [-0.15, -0.1) is 10.2 Å². The van der Waals surface area contributed by atoms with Crippen molar-refractivity contribution in [2.75, 3.05) is 19.0 Å². The Labute approximate surface area is 162 Å². The topological polar surface area (TPSA) is 84.4 Å². The first-order valence-corrected chi connectivity index (χ1v) is 9.83. The van der Waals surface area contributed by atoms with Gasteiger partial charge in [-0.05, 0) is 38.0 Å². The number of aryl methyl sites for hydroxylation is 2. The van der Waals surface area contributed by atoms with Crippen molar-refractivity contribution in [3.8, 4) is 5.75 Å². The Hall–Kier alpha value is -2.48. The standard InChI is InChI=1S/C19H24N4O3S/c1-12(2)23-11-14(10-17(23)24)18(25)20-19-22-21-16(27-19)9-6-13-4-7-15(26-3)8-5-13/h4-5,7-8,12,14H,6,9-11H2,1-3H3,(H,20,22,25)/t14-/m1/s1. The van der Waals surface area contributed by atoms with Crippen LogP contribution < -0.4 is 10.1 Å². The van der Waals surface area contributed by atoms with E-state index in [9.17, 15) is 9.59 Å². The molecule has 1 aliphatic rings. The second-order valence-corrected chi connectivity index (χ2v) is 7.94. The number of carbonyl (C=O) groups excluding carboxylic acids is 2. The highest BCUT2D eigenvalue weighted by molar-refractivity contribution is 7.15. The quantitative estimate of drug-likeness (QED) is 0.788. The van der Waals surface area contributed by atoms with Crippen LogP contribution >= 0.6 is 11.3 Å². The maximum atomic E-state index is 12.4. The van der Waals surface area contributed by atoms with Crippen LogP contribution in [0.25, 0.3) is 0 Å². The monoisotopic (exact) mass is 388 g/mol. The summed E-state index contributed by atoms with van der Waals surface area (Å²) < 4.78 is 5.16. The van der Waals surface area contributed by atoms with Gasteiger partial charge < -0.3 is 15.0 Å². The molecule has 0 radical (unpaired) electrons. The average molecular weight is 388 g/mol. The van der Waals surface area contributed by atoms with Crippen LogP contribution in [0.15, 0.2) is 24.3 Å². The average Bonchev–Trinajstić information content (AvgIpc) is 3.27. The fourth-order valence-corrected chi connectivity index (χ4v) is 3.80. The number of carbonyl (C=O) groups is 2. The highest BCUT2D eigenvalue weighted by atomic mass is 32.1. The van der Waals surface area contributed by atoms with Crippen LogP contribution in [-0.2, 0) is 22.4 Å². The van der Waals surface area contributed by atoms with Crippen LogP contribution in [0.4, 0.5) is 5.13 Å². The number of nitrogens with zero attached hydrogens (tertiary/aromatic N) is 3. The number of hydrogen-bond donors (Lipinski definition) is 1. The molecule has 27 heavy (non-hydrogen) atoms. The van der Waals surface area contributed by atoms with Gasteiger partial charge in [-0.25, -0.2) is 0 Å². The van der Waals surface area contributed by atoms with E-state index in [1.807, 2.05) is 38.1 Å². The number of amides is 2. The lowest BCUT2D eigenvalue weighted by atomic mass is 10.1. The van der Waals surface area contributed by atoms with E-state index in [0.717, 1.165) is 23.6 Å². The number of ether oxygens (including phenoxy) is 1. The summed E-state index contributed by atoms with van der Waals surface area (Å²) in [5.74, 6) is 0.375. The van der Waals surface area contributed by atoms with Gasteiger partial charge in [-0.2, -0.15) is 0 Å². The SMILES string of the molecule is COc1ccc(CCc2nnc(NC(=O)[C@@H]3CC(=O)N(C(C)C)C3)s2)cc1. The molecule has 2 aromatic rings. The van der Waals surface area contributed by atoms with E-state index in [-0.39, 0.29) is 30.2 Å². The third kappa shape index (κ3) is 4.82. The molecule has 0 bridgehead atoms. The molecule has 0 spiro atoms. The third-order valence-electron chi connectivity index (χ3n) is 4.64. The Morgan fingerprint density at radius 3 is 2.67 bits per heavy atom. The number of anilines is 1. The fourth-order valence-electron chi connectivity index (χ4n) is 3.06. The number of benzene rings is 1. The zero-order chi connectivity index (χ0) is 19.4. The summed E-state index contributed by atoms with van der Waals surface area (Å²) in [6.45, 7) is 4.38. The molecule has 1 aliphatic heterocycles. The summed E-state index contributed by atoms with van der Waals surface area (Å²) >= 11 is 1.38. The van der Waals surface area contributed by atoms with Crippen LogP contribution in [0.3, 0.4) is 0 Å². The summed E-state index contributed by atoms with van der Waals surface area (Å²) in [6, 6.07) is 8.04. The first-order chi connectivity index (χ1) is 13.0. The predicted octanol–water partition coefficient (Wildman–Crippen LogP) is 2.53. The maximum Gasteiger partial charge on any atom is 0.231 e. The number of hydrogen-bond acceptors (Lipinski definition) is 6. The molecule has 0 aliphatic carbocycles. The normalized spacial score (nSPS) is 16.8. The van der Waals surface area contributed by atoms with Gasteiger partial charge in [-0.1, -0.05) is 23.5 Å². The summed E-state index contributed by atoms with van der Waals surface area (Å²) in [5.41, 5.74) is 1.19. The van der Waals surface area contributed by atoms with Gasteiger partial charge in [0.2, 0.25) is 16.9 Å². The molecule has 8 heteroatoms. The lowest BCUT2D eigenvalue weighted by Crippen LogP contribution is -2.33. The van der Waals surface area contributed by atoms with Crippen LogP contribution in [0.1, 0.15) is 30.8 Å². The molecule has 7 nitrogen and oxygen atoms in total. The van der Waals surface area contributed by atoms with E-state index in [1.165, 1.54) is 16.9 Å². The zero-order valence-electron chi connectivity index (χ0n) is 15.8. The van der Waals surface area contributed by atoms with Crippen molar-refractivity contribution in [1.29, 1.82) is 0 Å². The molecular weight excluding hydrogens is 364 g/mol. The van der Waals surface area contributed by atoms with Crippen molar-refractivity contribution >= 4 is 28.3 Å². The number of aromatic nitrogens is 2. The van der Waals surface area contributed by atoms with E-state index < -0.39 is 0 Å². The Morgan fingerprint density at radius 1 is 1.30 bits per heavy atom. The van der Waals surface area contributed by atoms with E-state index in [2.05, 4.69) is 15.5 Å². The highest BCUT2D eigenvalue weighted by Gasteiger charge is 2.35. The first kappa shape index (κ1) is 19.3. The van der Waals surface area contributed by atoms with E-state index >= 15 is 0 Å². The molecule has 2 heterocycles. The van der Waals surface area contributed by atoms with Crippen LogP contribution in [0.2, 0.25) is 0 Å². The van der Waals surface area contributed by atoms with Gasteiger partial charge in [-0.3, -0.25) is 9.59 Å². The number of rotatable bonds is 7. The zero-order valence-corrected chi connectivity index (χ0v) is 16.6. The Bertz CT molecular complexity index is 804. The molecule has 1 aromatic carbocycles. The lowest BCUT2D eigenvalue weighted by Gasteiger charge is -2.20. The molecule has 144 valence electrons. The van der Waals surface area contributed by atoms with Crippen molar-refractivity contribution in [3.05, 3.63) is 34.8 Å². The molecule has 0 unspecified atom stereocenters. The Balaban J connectivity index is 1.51. The van der Waals surface area contributed by atoms with E-state index in [4.69, 9.17) is 4.74 Å². The molecule has 1 N–H and O–H groups in total. The largest absolute Gasteiger partial charge is 0.497 e. The van der Waals surface area contributed by atoms with Gasteiger partial charge in [0, 0.05) is 25.4 Å². The van der Waals surface area contributed by atoms with Crippen LogP contribution in [0.5, 0.6) is 5.75 Å². The molecule has 3 rings (SSSR count). The minimum Gasteiger partial charge on any atom is -0.497 e. The molecular formula is C19H24N4O3S. The number of likely N-dealkylation sites (tertiary alicyclic amines) is 1. The lowest BCUT2D eigenvalue weighted by molar-refractivity contribution is -0.129. The van der Waals surface area contributed by atoms with Crippen molar-refractivity contribution in [2.24, 2.45) is 5.92 Å². The molecule has 1 saturated heterocycles. The van der Waals surface area contributed by atoms with E-state index in [0.29, 0.717) is 11.7 Å². The van der Waals surface area contributed by atoms with Gasteiger partial charge in [0.05, 0.1) is 13.0 Å². The van der Waals surface area contributed by atoms with Crippen molar-refractivity contribution in [3.63, 3.8) is 0 Å². The summed E-state index contributed by atoms with van der Waals surface area (Å²) in [5, 5.41) is 12.4. The molecule has 0 saturated carbocycles. The van der Waals surface area contributed by atoms with Gasteiger partial charge in [0.15, 0.2) is 0 Å². The third-order valence-corrected chi connectivity index (χ3v) is 5.53. The number of methoxy groups -OCH3 is 1. The van der Waals surface area contributed by atoms with Crippen LogP contribution in [0, 0.1) is 5.92 Å². The summed E-state index contributed by atoms with van der Waals surface area (Å²) in [7, 11) is 1.65. The summed E-state index contributed by atoms with van der Waals surface area (Å²) in [4.78, 5) is 26.1. The smallest absolute Gasteiger partial charge is 0.231 e. The van der Waals surface area contributed by atoms with Crippen molar-refractivity contribution in [1.82, 2.24) is 15.1 Å². The minimum atomic E-state index is -0.327. The Morgan fingerprint density at radius 2 is 2.04 bits per heavy atom. The van der Waals surface area contributed by atoms with Crippen LogP contribution in [-0.4, -0.2) is 46.6 Å². The molecule has 1 fully saturated rings. The summed E-state index contributed by atoms with van der Waals surface area (Å²) in [6.07, 6.45) is 1.85. The second-order valence-electron chi connectivity index (χ2n) is 6.88.